The van der Waals surface area contributed by atoms with E-state index in [4.69, 9.17) is 17.0 Å². The van der Waals surface area contributed by atoms with E-state index in [-0.39, 0.29) is 29.2 Å². The van der Waals surface area contributed by atoms with Crippen LogP contribution in [0.5, 0.6) is 0 Å². The minimum absolute atomic E-state index is 0.0150. The van der Waals surface area contributed by atoms with Gasteiger partial charge in [0.15, 0.2) is 0 Å². The molecular formula is C22H26N4O3S2. The second kappa shape index (κ2) is 9.39. The van der Waals surface area contributed by atoms with Crippen LogP contribution in [-0.4, -0.2) is 51.5 Å². The fourth-order valence-electron chi connectivity index (χ4n) is 4.05. The number of hydrogen-bond acceptors (Lipinski definition) is 7. The van der Waals surface area contributed by atoms with Crippen LogP contribution in [0.4, 0.5) is 5.82 Å². The van der Waals surface area contributed by atoms with Crippen molar-refractivity contribution in [2.75, 3.05) is 24.5 Å². The zero-order valence-corrected chi connectivity index (χ0v) is 19.8. The first-order chi connectivity index (χ1) is 14.7. The summed E-state index contributed by atoms with van der Waals surface area (Å²) in [4.78, 5) is 30.1. The van der Waals surface area contributed by atoms with Crippen molar-refractivity contribution in [3.05, 3.63) is 44.6 Å². The van der Waals surface area contributed by atoms with Gasteiger partial charge < -0.3 is 9.64 Å². The number of nitriles is 1. The van der Waals surface area contributed by atoms with Crippen LogP contribution < -0.4 is 10.5 Å². The lowest BCUT2D eigenvalue weighted by Crippen LogP contribution is -2.48. The van der Waals surface area contributed by atoms with Gasteiger partial charge in [-0.25, -0.2) is 0 Å². The van der Waals surface area contributed by atoms with Crippen molar-refractivity contribution in [1.29, 1.82) is 5.26 Å². The summed E-state index contributed by atoms with van der Waals surface area (Å²) in [6, 6.07) is 2.05. The lowest BCUT2D eigenvalue weighted by molar-refractivity contribution is -0.121. The highest BCUT2D eigenvalue weighted by atomic mass is 32.2. The zero-order valence-electron chi connectivity index (χ0n) is 18.2. The van der Waals surface area contributed by atoms with Crippen LogP contribution in [0.15, 0.2) is 22.4 Å². The largest absolute Gasteiger partial charge is 0.372 e. The lowest BCUT2D eigenvalue weighted by Gasteiger charge is -2.39. The SMILES string of the molecule is C=CCN1C(=O)C(=Cc2c(C)c(C#N)c(=O)n(CC)c2N2CC(C)OC(C)C2)SC1=S. The van der Waals surface area contributed by atoms with Gasteiger partial charge >= 0.3 is 0 Å². The van der Waals surface area contributed by atoms with Crippen molar-refractivity contribution in [2.24, 2.45) is 0 Å². The number of morpholine rings is 1. The molecule has 0 bridgehead atoms. The number of thiocarbonyl (C=S) groups is 1. The predicted molar refractivity (Wildman–Crippen MR) is 128 cm³/mol. The number of carbonyl (C=O) groups excluding carboxylic acids is 1. The van der Waals surface area contributed by atoms with Gasteiger partial charge in [0.1, 0.15) is 21.8 Å². The van der Waals surface area contributed by atoms with Gasteiger partial charge in [0, 0.05) is 31.7 Å². The molecule has 0 aliphatic carbocycles. The first kappa shape index (κ1) is 23.3. The molecule has 9 heteroatoms. The average Bonchev–Trinajstić information content (AvgIpc) is 2.97. The molecule has 31 heavy (non-hydrogen) atoms. The van der Waals surface area contributed by atoms with Crippen LogP contribution in [0.2, 0.25) is 0 Å². The molecule has 2 aliphatic rings. The van der Waals surface area contributed by atoms with Gasteiger partial charge in [0.2, 0.25) is 0 Å². The molecule has 0 aromatic carbocycles. The Kier molecular flexibility index (Phi) is 7.04. The van der Waals surface area contributed by atoms with Crippen molar-refractivity contribution in [3.8, 4) is 6.07 Å². The normalized spacial score (nSPS) is 22.9. The number of hydrogen-bond donors (Lipinski definition) is 0. The van der Waals surface area contributed by atoms with Gasteiger partial charge in [-0.05, 0) is 39.3 Å². The third kappa shape index (κ3) is 4.33. The summed E-state index contributed by atoms with van der Waals surface area (Å²) in [5.41, 5.74) is 1.03. The van der Waals surface area contributed by atoms with Gasteiger partial charge in [-0.15, -0.1) is 6.58 Å². The van der Waals surface area contributed by atoms with Gasteiger partial charge in [0.05, 0.1) is 17.1 Å². The number of ether oxygens (including phenoxy) is 1. The van der Waals surface area contributed by atoms with E-state index < -0.39 is 0 Å². The van der Waals surface area contributed by atoms with Crippen LogP contribution in [-0.2, 0) is 16.1 Å². The van der Waals surface area contributed by atoms with E-state index in [1.165, 1.54) is 16.7 Å². The van der Waals surface area contributed by atoms with Gasteiger partial charge in [-0.1, -0.05) is 30.1 Å². The van der Waals surface area contributed by atoms with Crippen molar-refractivity contribution in [3.63, 3.8) is 0 Å². The molecule has 0 saturated carbocycles. The third-order valence-corrected chi connectivity index (χ3v) is 6.72. The molecule has 0 N–H and O–H groups in total. The number of aromatic nitrogens is 1. The molecule has 0 spiro atoms. The molecule has 1 amide bonds. The fraction of sp³-hybridized carbons (Fsp3) is 0.455. The fourth-order valence-corrected chi connectivity index (χ4v) is 5.30. The van der Waals surface area contributed by atoms with Gasteiger partial charge in [-0.3, -0.25) is 19.1 Å². The summed E-state index contributed by atoms with van der Waals surface area (Å²) in [6.45, 7) is 13.3. The summed E-state index contributed by atoms with van der Waals surface area (Å²) < 4.78 is 7.96. The number of thioether (sulfide) groups is 1. The highest BCUT2D eigenvalue weighted by Crippen LogP contribution is 2.36. The number of rotatable bonds is 5. The number of amides is 1. The number of carbonyl (C=O) groups is 1. The highest BCUT2D eigenvalue weighted by Gasteiger charge is 2.33. The number of nitrogens with zero attached hydrogens (tertiary/aromatic N) is 4. The summed E-state index contributed by atoms with van der Waals surface area (Å²) >= 11 is 6.58. The van der Waals surface area contributed by atoms with Gasteiger partial charge in [-0.2, -0.15) is 5.26 Å². The Morgan fingerprint density at radius 3 is 2.52 bits per heavy atom. The molecule has 2 aliphatic heterocycles. The summed E-state index contributed by atoms with van der Waals surface area (Å²) in [7, 11) is 0. The van der Waals surface area contributed by atoms with E-state index in [2.05, 4.69) is 17.5 Å². The molecule has 164 valence electrons. The molecule has 2 unspecified atom stereocenters. The Morgan fingerprint density at radius 2 is 1.97 bits per heavy atom. The Hall–Kier alpha value is -2.41. The maximum Gasteiger partial charge on any atom is 0.270 e. The molecule has 3 rings (SSSR count). The molecule has 0 radical (unpaired) electrons. The smallest absolute Gasteiger partial charge is 0.270 e. The summed E-state index contributed by atoms with van der Waals surface area (Å²) in [6.07, 6.45) is 3.37. The van der Waals surface area contributed by atoms with Crippen LogP contribution >= 0.6 is 24.0 Å². The number of pyridine rings is 1. The van der Waals surface area contributed by atoms with E-state index in [1.54, 1.807) is 23.6 Å². The Balaban J connectivity index is 2.25. The monoisotopic (exact) mass is 458 g/mol. The minimum Gasteiger partial charge on any atom is -0.372 e. The van der Waals surface area contributed by atoms with Gasteiger partial charge in [0.25, 0.3) is 11.5 Å². The highest BCUT2D eigenvalue weighted by molar-refractivity contribution is 8.26. The topological polar surface area (TPSA) is 78.6 Å². The van der Waals surface area contributed by atoms with Crippen molar-refractivity contribution in [1.82, 2.24) is 9.47 Å². The van der Waals surface area contributed by atoms with E-state index in [0.717, 1.165) is 0 Å². The van der Waals surface area contributed by atoms with E-state index in [1.807, 2.05) is 20.8 Å². The zero-order chi connectivity index (χ0) is 22.9. The molecule has 3 heterocycles. The lowest BCUT2D eigenvalue weighted by atomic mass is 10.0. The molecular weight excluding hydrogens is 432 g/mol. The van der Waals surface area contributed by atoms with Crippen LogP contribution in [0.1, 0.15) is 37.5 Å². The number of anilines is 1. The third-order valence-electron chi connectivity index (χ3n) is 5.34. The van der Waals surface area contributed by atoms with E-state index in [9.17, 15) is 14.9 Å². The minimum atomic E-state index is -0.319. The molecule has 2 atom stereocenters. The van der Waals surface area contributed by atoms with Crippen molar-refractivity contribution >= 4 is 46.1 Å². The first-order valence-corrected chi connectivity index (χ1v) is 11.4. The van der Waals surface area contributed by atoms with E-state index >= 15 is 0 Å². The standard InChI is InChI=1S/C22H26N4O3S2/c1-6-8-26-21(28)18(31-22(26)30)9-16-15(5)17(10-23)20(27)25(7-2)19(16)24-11-13(3)29-14(4)12-24/h6,9,13-14H,1,7-8,11-12H2,2-5H3. The quantitative estimate of drug-likeness (QED) is 0.381. The van der Waals surface area contributed by atoms with Crippen LogP contribution in [0.3, 0.4) is 0 Å². The molecule has 7 nitrogen and oxygen atoms in total. The summed E-state index contributed by atoms with van der Waals surface area (Å²) in [5.74, 6) is 0.511. The second-order valence-corrected chi connectivity index (χ2v) is 9.32. The maximum absolute atomic E-state index is 13.1. The molecule has 1 aromatic rings. The molecule has 2 saturated heterocycles. The maximum atomic E-state index is 13.1. The molecule has 2 fully saturated rings. The van der Waals surface area contributed by atoms with Crippen LogP contribution in [0.25, 0.3) is 6.08 Å². The molecule has 1 aromatic heterocycles. The summed E-state index contributed by atoms with van der Waals surface area (Å²) in [5, 5.41) is 9.67. The Morgan fingerprint density at radius 1 is 1.32 bits per heavy atom. The first-order valence-electron chi connectivity index (χ1n) is 10.2. The van der Waals surface area contributed by atoms with Crippen LogP contribution in [0, 0.1) is 18.3 Å². The van der Waals surface area contributed by atoms with Crippen molar-refractivity contribution in [2.45, 2.75) is 46.4 Å². The Bertz CT molecular complexity index is 1060. The predicted octanol–water partition coefficient (Wildman–Crippen LogP) is 3.05. The average molecular weight is 459 g/mol. The second-order valence-electron chi connectivity index (χ2n) is 7.64. The van der Waals surface area contributed by atoms with Crippen molar-refractivity contribution < 1.29 is 9.53 Å². The Labute approximate surface area is 192 Å². The van der Waals surface area contributed by atoms with E-state index in [0.29, 0.717) is 52.3 Å².